The third-order valence-electron chi connectivity index (χ3n) is 3.18. The second-order valence-electron chi connectivity index (χ2n) is 4.48. The molecule has 0 saturated carbocycles. The summed E-state index contributed by atoms with van der Waals surface area (Å²) < 4.78 is 17.7. The Morgan fingerprint density at radius 3 is 2.43 bits per heavy atom. The van der Waals surface area contributed by atoms with Gasteiger partial charge >= 0.3 is 0 Å². The summed E-state index contributed by atoms with van der Waals surface area (Å²) in [7, 11) is 0. The van der Waals surface area contributed by atoms with E-state index in [1.165, 1.54) is 6.07 Å². The van der Waals surface area contributed by atoms with Crippen LogP contribution in [0.5, 0.6) is 0 Å². The zero-order chi connectivity index (χ0) is 15.0. The topological polar surface area (TPSA) is 17.8 Å². The molecule has 108 valence electrons. The van der Waals surface area contributed by atoms with Gasteiger partial charge in [-0.05, 0) is 56.1 Å². The van der Waals surface area contributed by atoms with Crippen LogP contribution < -0.4 is 0 Å². The van der Waals surface area contributed by atoms with Crippen molar-refractivity contribution in [2.45, 2.75) is 6.42 Å². The van der Waals surface area contributed by atoms with E-state index in [1.807, 2.05) is 28.8 Å². The minimum Gasteiger partial charge on any atom is -0.294 e. The maximum Gasteiger partial charge on any atom is 0.151 e. The Kier molecular flexibility index (Phi) is 4.33. The predicted octanol–water partition coefficient (Wildman–Crippen LogP) is 5.47. The van der Waals surface area contributed by atoms with Crippen LogP contribution in [0.4, 0.5) is 4.39 Å². The molecule has 0 amide bonds. The van der Waals surface area contributed by atoms with Gasteiger partial charge in [0.05, 0.1) is 11.2 Å². The zero-order valence-corrected chi connectivity index (χ0v) is 14.7. The molecule has 0 radical (unpaired) electrons. The van der Waals surface area contributed by atoms with E-state index in [1.54, 1.807) is 6.07 Å². The first-order chi connectivity index (χ1) is 10.1. The highest BCUT2D eigenvalue weighted by molar-refractivity contribution is 9.11. The number of halogens is 4. The summed E-state index contributed by atoms with van der Waals surface area (Å²) >= 11 is 13.0. The van der Waals surface area contributed by atoms with E-state index in [4.69, 9.17) is 11.6 Å². The maximum atomic E-state index is 14.0. The van der Waals surface area contributed by atoms with Gasteiger partial charge in [-0.25, -0.2) is 9.37 Å². The van der Waals surface area contributed by atoms with Gasteiger partial charge < -0.3 is 0 Å². The first-order valence-corrected chi connectivity index (χ1v) is 8.41. The fourth-order valence-electron chi connectivity index (χ4n) is 2.32. The Morgan fingerprint density at radius 1 is 1.10 bits per heavy atom. The Labute approximate surface area is 143 Å². The van der Waals surface area contributed by atoms with Crippen molar-refractivity contribution in [3.8, 4) is 5.69 Å². The van der Waals surface area contributed by atoms with E-state index in [-0.39, 0.29) is 5.82 Å². The van der Waals surface area contributed by atoms with E-state index in [0.717, 1.165) is 26.0 Å². The summed E-state index contributed by atoms with van der Waals surface area (Å²) in [6.45, 7) is 0. The lowest BCUT2D eigenvalue weighted by molar-refractivity contribution is 0.637. The number of rotatable bonds is 3. The number of hydrogen-bond acceptors (Lipinski definition) is 1. The van der Waals surface area contributed by atoms with Gasteiger partial charge in [0, 0.05) is 21.2 Å². The highest BCUT2D eigenvalue weighted by Crippen LogP contribution is 2.33. The van der Waals surface area contributed by atoms with E-state index in [0.29, 0.717) is 17.8 Å². The maximum absolute atomic E-state index is 14.0. The van der Waals surface area contributed by atoms with Gasteiger partial charge in [-0.15, -0.1) is 11.6 Å². The smallest absolute Gasteiger partial charge is 0.151 e. The molecule has 0 atom stereocenters. The number of aromatic nitrogens is 2. The van der Waals surface area contributed by atoms with Crippen molar-refractivity contribution in [2.75, 3.05) is 5.88 Å². The molecule has 2 aromatic carbocycles. The number of fused-ring (bicyclic) bond motifs is 1. The molecule has 21 heavy (non-hydrogen) atoms. The van der Waals surface area contributed by atoms with Crippen LogP contribution in [0.1, 0.15) is 5.82 Å². The summed E-state index contributed by atoms with van der Waals surface area (Å²) in [5.74, 6) is 0.829. The highest BCUT2D eigenvalue weighted by Gasteiger charge is 2.18. The molecular formula is C15H10Br2ClFN2. The number of nitrogens with zero attached hydrogens (tertiary/aromatic N) is 2. The summed E-state index contributed by atoms with van der Waals surface area (Å²) in [5.41, 5.74) is 1.98. The standard InChI is InChI=1S/C15H10Br2ClFN2/c16-9-3-1-4-10(17)15(9)21-12-6-2-5-11(19)14(12)20-13(21)7-8-18/h1-6H,7-8H2. The quantitative estimate of drug-likeness (QED) is 0.502. The van der Waals surface area contributed by atoms with Crippen molar-refractivity contribution < 1.29 is 4.39 Å². The minimum absolute atomic E-state index is 0.328. The van der Waals surface area contributed by atoms with Crippen LogP contribution in [0.3, 0.4) is 0 Å². The van der Waals surface area contributed by atoms with Crippen LogP contribution in [0.2, 0.25) is 0 Å². The van der Waals surface area contributed by atoms with Crippen LogP contribution in [-0.4, -0.2) is 15.4 Å². The molecule has 0 aliphatic heterocycles. The van der Waals surface area contributed by atoms with Crippen molar-refractivity contribution >= 4 is 54.5 Å². The molecule has 0 bridgehead atoms. The number of aryl methyl sites for hydroxylation is 1. The number of imidazole rings is 1. The van der Waals surface area contributed by atoms with Gasteiger partial charge in [-0.1, -0.05) is 12.1 Å². The molecular weight excluding hydrogens is 422 g/mol. The van der Waals surface area contributed by atoms with Gasteiger partial charge in [-0.2, -0.15) is 0 Å². The first-order valence-electron chi connectivity index (χ1n) is 6.29. The molecule has 0 spiro atoms. The summed E-state index contributed by atoms with van der Waals surface area (Å²) in [6.07, 6.45) is 0.559. The Morgan fingerprint density at radius 2 is 1.76 bits per heavy atom. The Hall–Kier alpha value is -0.910. The Bertz CT molecular complexity index is 797. The van der Waals surface area contributed by atoms with Gasteiger partial charge in [0.1, 0.15) is 11.3 Å². The minimum atomic E-state index is -0.328. The van der Waals surface area contributed by atoms with Crippen molar-refractivity contribution in [1.29, 1.82) is 0 Å². The molecule has 0 unspecified atom stereocenters. The lowest BCUT2D eigenvalue weighted by Crippen LogP contribution is -2.03. The second kappa shape index (κ2) is 6.07. The van der Waals surface area contributed by atoms with E-state index >= 15 is 0 Å². The van der Waals surface area contributed by atoms with Gasteiger partial charge in [-0.3, -0.25) is 4.57 Å². The molecule has 0 saturated heterocycles. The number of alkyl halides is 1. The van der Waals surface area contributed by atoms with Crippen LogP contribution in [0, 0.1) is 5.82 Å². The molecule has 3 rings (SSSR count). The third kappa shape index (κ3) is 2.62. The molecule has 6 heteroatoms. The fourth-order valence-corrected chi connectivity index (χ4v) is 3.84. The summed E-state index contributed by atoms with van der Waals surface area (Å²) in [6, 6.07) is 10.8. The third-order valence-corrected chi connectivity index (χ3v) is 4.65. The lowest BCUT2D eigenvalue weighted by atomic mass is 10.2. The molecule has 2 nitrogen and oxygen atoms in total. The fraction of sp³-hybridized carbons (Fsp3) is 0.133. The zero-order valence-electron chi connectivity index (χ0n) is 10.8. The summed E-state index contributed by atoms with van der Waals surface area (Å²) in [4.78, 5) is 4.42. The average molecular weight is 433 g/mol. The normalized spacial score (nSPS) is 11.2. The highest BCUT2D eigenvalue weighted by atomic mass is 79.9. The van der Waals surface area contributed by atoms with Gasteiger partial charge in [0.15, 0.2) is 5.82 Å². The molecule has 1 aromatic heterocycles. The van der Waals surface area contributed by atoms with E-state index < -0.39 is 0 Å². The van der Waals surface area contributed by atoms with E-state index in [9.17, 15) is 4.39 Å². The average Bonchev–Trinajstić information content (AvgIpc) is 2.80. The van der Waals surface area contributed by atoms with Crippen LogP contribution in [-0.2, 0) is 6.42 Å². The van der Waals surface area contributed by atoms with Crippen molar-refractivity contribution in [1.82, 2.24) is 9.55 Å². The largest absolute Gasteiger partial charge is 0.294 e. The van der Waals surface area contributed by atoms with Crippen molar-refractivity contribution in [2.24, 2.45) is 0 Å². The van der Waals surface area contributed by atoms with Crippen LogP contribution >= 0.6 is 43.5 Å². The number of benzene rings is 2. The monoisotopic (exact) mass is 430 g/mol. The molecule has 0 fully saturated rings. The summed E-state index contributed by atoms with van der Waals surface area (Å²) in [5, 5.41) is 0. The molecule has 0 aliphatic rings. The van der Waals surface area contributed by atoms with Crippen molar-refractivity contribution in [3.05, 3.63) is 57.0 Å². The Balaban J connectivity index is 2.40. The van der Waals surface area contributed by atoms with E-state index in [2.05, 4.69) is 36.8 Å². The van der Waals surface area contributed by atoms with Crippen molar-refractivity contribution in [3.63, 3.8) is 0 Å². The van der Waals surface area contributed by atoms with Gasteiger partial charge in [0.2, 0.25) is 0 Å². The lowest BCUT2D eigenvalue weighted by Gasteiger charge is -2.12. The molecule has 3 aromatic rings. The van der Waals surface area contributed by atoms with Crippen LogP contribution in [0.25, 0.3) is 16.7 Å². The molecule has 1 heterocycles. The molecule has 0 aliphatic carbocycles. The SMILES string of the molecule is Fc1cccc2c1nc(CCCl)n2-c1c(Br)cccc1Br. The first kappa shape index (κ1) is 15.0. The second-order valence-corrected chi connectivity index (χ2v) is 6.57. The molecule has 0 N–H and O–H groups in total. The van der Waals surface area contributed by atoms with Crippen LogP contribution in [0.15, 0.2) is 45.3 Å². The van der Waals surface area contributed by atoms with Gasteiger partial charge in [0.25, 0.3) is 0 Å². The number of para-hydroxylation sites is 2. The number of hydrogen-bond donors (Lipinski definition) is 0. The predicted molar refractivity (Wildman–Crippen MR) is 90.9 cm³/mol.